The zero-order chi connectivity index (χ0) is 19.8. The second-order valence-electron chi connectivity index (χ2n) is 6.70. The first-order chi connectivity index (χ1) is 12.9. The number of nitrogens with one attached hydrogen (secondary N) is 1. The molecule has 0 aliphatic rings. The van der Waals surface area contributed by atoms with Crippen LogP contribution in [0.4, 0.5) is 0 Å². The van der Waals surface area contributed by atoms with E-state index < -0.39 is 5.97 Å². The predicted molar refractivity (Wildman–Crippen MR) is 104 cm³/mol. The summed E-state index contributed by atoms with van der Waals surface area (Å²) in [5, 5.41) is 2.93. The highest BCUT2D eigenvalue weighted by Gasteiger charge is 2.19. The maximum Gasteiger partial charge on any atom is 0.338 e. The first-order valence-electron chi connectivity index (χ1n) is 9.05. The molecule has 2 aromatic rings. The van der Waals surface area contributed by atoms with Crippen molar-refractivity contribution in [3.63, 3.8) is 0 Å². The van der Waals surface area contributed by atoms with Gasteiger partial charge in [-0.25, -0.2) is 4.79 Å². The Morgan fingerprint density at radius 3 is 2.19 bits per heavy atom. The third-order valence-electron chi connectivity index (χ3n) is 4.35. The normalized spacial score (nSPS) is 11.7. The minimum absolute atomic E-state index is 0.158. The summed E-state index contributed by atoms with van der Waals surface area (Å²) in [6.07, 6.45) is 1.66. The van der Waals surface area contributed by atoms with Gasteiger partial charge in [0, 0.05) is 5.56 Å². The van der Waals surface area contributed by atoms with Gasteiger partial charge in [0.15, 0.2) is 6.61 Å². The number of benzene rings is 2. The van der Waals surface area contributed by atoms with Crippen molar-refractivity contribution < 1.29 is 19.1 Å². The Hall–Kier alpha value is -2.95. The quantitative estimate of drug-likeness (QED) is 0.570. The van der Waals surface area contributed by atoms with Gasteiger partial charge in [-0.3, -0.25) is 9.59 Å². The maximum absolute atomic E-state index is 12.3. The number of carbonyl (C=O) groups excluding carboxylic acids is 3. The van der Waals surface area contributed by atoms with E-state index in [0.717, 1.165) is 12.0 Å². The third kappa shape index (κ3) is 5.78. The second-order valence-corrected chi connectivity index (χ2v) is 6.70. The van der Waals surface area contributed by atoms with Crippen LogP contribution in [0.3, 0.4) is 0 Å². The smallest absolute Gasteiger partial charge is 0.338 e. The molecule has 1 amide bonds. The van der Waals surface area contributed by atoms with E-state index >= 15 is 0 Å². The van der Waals surface area contributed by atoms with Gasteiger partial charge in [0.05, 0.1) is 11.6 Å². The molecule has 1 N–H and O–H groups in total. The molecule has 0 radical (unpaired) electrons. The molecule has 0 aliphatic carbocycles. The highest BCUT2D eigenvalue weighted by atomic mass is 16.5. The Labute approximate surface area is 159 Å². The lowest BCUT2D eigenvalue weighted by Crippen LogP contribution is -2.35. The molecule has 5 nitrogen and oxygen atoms in total. The Kier molecular flexibility index (Phi) is 7.29. The summed E-state index contributed by atoms with van der Waals surface area (Å²) >= 11 is 0. The van der Waals surface area contributed by atoms with Crippen LogP contribution in [0.2, 0.25) is 0 Å². The molecule has 5 heteroatoms. The number of aldehydes is 1. The third-order valence-corrected chi connectivity index (χ3v) is 4.35. The number of hydrogen-bond donors (Lipinski definition) is 1. The van der Waals surface area contributed by atoms with Crippen molar-refractivity contribution in [3.8, 4) is 0 Å². The van der Waals surface area contributed by atoms with Crippen molar-refractivity contribution in [2.45, 2.75) is 33.2 Å². The minimum Gasteiger partial charge on any atom is -0.452 e. The molecule has 0 spiro atoms. The van der Waals surface area contributed by atoms with E-state index in [1.54, 1.807) is 0 Å². The first-order valence-corrected chi connectivity index (χ1v) is 9.05. The Bertz CT molecular complexity index is 779. The number of rotatable bonds is 8. The molecule has 1 atom stereocenters. The Morgan fingerprint density at radius 2 is 1.67 bits per heavy atom. The highest BCUT2D eigenvalue weighted by molar-refractivity contribution is 5.92. The monoisotopic (exact) mass is 367 g/mol. The van der Waals surface area contributed by atoms with Crippen LogP contribution in [0.5, 0.6) is 0 Å². The molecular formula is C22H25NO4. The van der Waals surface area contributed by atoms with Crippen LogP contribution in [0, 0.1) is 5.92 Å². The van der Waals surface area contributed by atoms with Crippen LogP contribution in [-0.2, 0) is 16.0 Å². The van der Waals surface area contributed by atoms with Crippen LogP contribution in [-0.4, -0.2) is 24.8 Å². The van der Waals surface area contributed by atoms with E-state index in [0.29, 0.717) is 17.4 Å². The minimum atomic E-state index is -0.601. The standard InChI is InChI=1S/C22H25NO4/c1-4-16-5-9-18(10-6-16)21(15(2)3)23-20(25)14-27-22(26)19-11-7-17(13-24)8-12-19/h5-13,15,21H,4,14H2,1-3H3,(H,23,25)/t21-/m1/s1. The number of esters is 1. The highest BCUT2D eigenvalue weighted by Crippen LogP contribution is 2.22. The first kappa shape index (κ1) is 20.4. The van der Waals surface area contributed by atoms with Gasteiger partial charge in [-0.15, -0.1) is 0 Å². The van der Waals surface area contributed by atoms with Gasteiger partial charge in [0.2, 0.25) is 0 Å². The number of amides is 1. The fourth-order valence-corrected chi connectivity index (χ4v) is 2.72. The van der Waals surface area contributed by atoms with E-state index in [-0.39, 0.29) is 24.5 Å². The van der Waals surface area contributed by atoms with Crippen molar-refractivity contribution in [1.29, 1.82) is 0 Å². The topological polar surface area (TPSA) is 72.5 Å². The van der Waals surface area contributed by atoms with Gasteiger partial charge in [-0.1, -0.05) is 57.2 Å². The van der Waals surface area contributed by atoms with Gasteiger partial charge >= 0.3 is 5.97 Å². The number of aryl methyl sites for hydroxylation is 1. The molecular weight excluding hydrogens is 342 g/mol. The lowest BCUT2D eigenvalue weighted by atomic mass is 9.95. The van der Waals surface area contributed by atoms with E-state index in [1.165, 1.54) is 29.8 Å². The zero-order valence-corrected chi connectivity index (χ0v) is 15.9. The van der Waals surface area contributed by atoms with Crippen molar-refractivity contribution in [2.75, 3.05) is 6.61 Å². The summed E-state index contributed by atoms with van der Waals surface area (Å²) in [6, 6.07) is 14.0. The molecule has 142 valence electrons. The fraction of sp³-hybridized carbons (Fsp3) is 0.318. The summed E-state index contributed by atoms with van der Waals surface area (Å²) in [4.78, 5) is 34.9. The second kappa shape index (κ2) is 9.67. The SMILES string of the molecule is CCc1ccc([C@H](NC(=O)COC(=O)c2ccc(C=O)cc2)C(C)C)cc1. The maximum atomic E-state index is 12.3. The van der Waals surface area contributed by atoms with E-state index in [1.807, 2.05) is 26.0 Å². The molecule has 27 heavy (non-hydrogen) atoms. The van der Waals surface area contributed by atoms with Gasteiger partial charge in [0.25, 0.3) is 5.91 Å². The Balaban J connectivity index is 1.94. The molecule has 2 aromatic carbocycles. The molecule has 0 aromatic heterocycles. The van der Waals surface area contributed by atoms with Gasteiger partial charge in [-0.05, 0) is 35.6 Å². The molecule has 0 aliphatic heterocycles. The number of ether oxygens (including phenoxy) is 1. The van der Waals surface area contributed by atoms with Crippen LogP contribution in [0.1, 0.15) is 58.7 Å². The van der Waals surface area contributed by atoms with E-state index in [2.05, 4.69) is 24.4 Å². The van der Waals surface area contributed by atoms with Crippen molar-refractivity contribution in [1.82, 2.24) is 5.32 Å². The molecule has 0 fully saturated rings. The molecule has 2 rings (SSSR count). The van der Waals surface area contributed by atoms with Crippen LogP contribution in [0.15, 0.2) is 48.5 Å². The van der Waals surface area contributed by atoms with Crippen molar-refractivity contribution >= 4 is 18.2 Å². The largest absolute Gasteiger partial charge is 0.452 e. The van der Waals surface area contributed by atoms with Crippen LogP contribution < -0.4 is 5.32 Å². The lowest BCUT2D eigenvalue weighted by molar-refractivity contribution is -0.125. The average Bonchev–Trinajstić information content (AvgIpc) is 2.70. The van der Waals surface area contributed by atoms with Gasteiger partial charge < -0.3 is 10.1 Å². The van der Waals surface area contributed by atoms with Crippen LogP contribution >= 0.6 is 0 Å². The Morgan fingerprint density at radius 1 is 1.04 bits per heavy atom. The number of carbonyl (C=O) groups is 3. The number of hydrogen-bond acceptors (Lipinski definition) is 4. The summed E-state index contributed by atoms with van der Waals surface area (Å²) in [5.41, 5.74) is 3.02. The summed E-state index contributed by atoms with van der Waals surface area (Å²) in [7, 11) is 0. The van der Waals surface area contributed by atoms with Gasteiger partial charge in [-0.2, -0.15) is 0 Å². The molecule has 0 unspecified atom stereocenters. The fourth-order valence-electron chi connectivity index (χ4n) is 2.72. The van der Waals surface area contributed by atoms with Crippen molar-refractivity contribution in [3.05, 3.63) is 70.8 Å². The van der Waals surface area contributed by atoms with E-state index in [9.17, 15) is 14.4 Å². The lowest BCUT2D eigenvalue weighted by Gasteiger charge is -2.23. The van der Waals surface area contributed by atoms with Gasteiger partial charge in [0.1, 0.15) is 6.29 Å². The average molecular weight is 367 g/mol. The predicted octanol–water partition coefficient (Wildman–Crippen LogP) is 3.73. The molecule has 0 bridgehead atoms. The summed E-state index contributed by atoms with van der Waals surface area (Å²) in [5.74, 6) is -0.768. The molecule has 0 heterocycles. The van der Waals surface area contributed by atoms with Crippen molar-refractivity contribution in [2.24, 2.45) is 5.92 Å². The zero-order valence-electron chi connectivity index (χ0n) is 15.9. The molecule has 0 saturated carbocycles. The van der Waals surface area contributed by atoms with Crippen LogP contribution in [0.25, 0.3) is 0 Å². The molecule has 0 saturated heterocycles. The van der Waals surface area contributed by atoms with E-state index in [4.69, 9.17) is 4.74 Å². The summed E-state index contributed by atoms with van der Waals surface area (Å²) < 4.78 is 5.08. The summed E-state index contributed by atoms with van der Waals surface area (Å²) in [6.45, 7) is 5.79.